The SMILES string of the molecule is C#CC(OCC(=O)OC)c1ccc(Cl)cc1. The molecule has 1 rings (SSSR count). The van der Waals surface area contributed by atoms with E-state index in [9.17, 15) is 4.79 Å². The first-order chi connectivity index (χ1) is 7.67. The number of carbonyl (C=O) groups is 1. The van der Waals surface area contributed by atoms with Gasteiger partial charge in [0.1, 0.15) is 12.7 Å². The van der Waals surface area contributed by atoms with Crippen molar-refractivity contribution in [1.29, 1.82) is 0 Å². The molecule has 0 radical (unpaired) electrons. The van der Waals surface area contributed by atoms with Crippen LogP contribution in [0, 0.1) is 12.3 Å². The first-order valence-corrected chi connectivity index (χ1v) is 4.95. The van der Waals surface area contributed by atoms with Crippen molar-refractivity contribution in [2.24, 2.45) is 0 Å². The highest BCUT2D eigenvalue weighted by Gasteiger charge is 2.11. The molecule has 0 fully saturated rings. The molecule has 0 saturated carbocycles. The molecule has 1 aromatic carbocycles. The fourth-order valence-corrected chi connectivity index (χ4v) is 1.21. The summed E-state index contributed by atoms with van der Waals surface area (Å²) in [7, 11) is 1.29. The van der Waals surface area contributed by atoms with Crippen molar-refractivity contribution in [2.75, 3.05) is 13.7 Å². The van der Waals surface area contributed by atoms with E-state index in [0.717, 1.165) is 5.56 Å². The molecule has 0 aliphatic heterocycles. The van der Waals surface area contributed by atoms with E-state index >= 15 is 0 Å². The Bertz CT molecular complexity index is 392. The Morgan fingerprint density at radius 3 is 2.62 bits per heavy atom. The summed E-state index contributed by atoms with van der Waals surface area (Å²) in [4.78, 5) is 10.9. The number of methoxy groups -OCH3 is 1. The second kappa shape index (κ2) is 6.16. The van der Waals surface area contributed by atoms with Gasteiger partial charge in [0, 0.05) is 5.02 Å². The third-order valence-corrected chi connectivity index (χ3v) is 2.17. The van der Waals surface area contributed by atoms with Gasteiger partial charge in [-0.1, -0.05) is 29.7 Å². The van der Waals surface area contributed by atoms with Crippen LogP contribution >= 0.6 is 11.6 Å². The Morgan fingerprint density at radius 1 is 1.50 bits per heavy atom. The third-order valence-electron chi connectivity index (χ3n) is 1.92. The number of ether oxygens (including phenoxy) is 2. The number of hydrogen-bond acceptors (Lipinski definition) is 3. The summed E-state index contributed by atoms with van der Waals surface area (Å²) >= 11 is 5.74. The lowest BCUT2D eigenvalue weighted by molar-refractivity contribution is -0.147. The van der Waals surface area contributed by atoms with Gasteiger partial charge in [-0.25, -0.2) is 4.79 Å². The molecule has 0 amide bonds. The van der Waals surface area contributed by atoms with Gasteiger partial charge in [0.05, 0.1) is 7.11 Å². The van der Waals surface area contributed by atoms with Crippen molar-refractivity contribution in [3.05, 3.63) is 34.9 Å². The summed E-state index contributed by atoms with van der Waals surface area (Å²) in [5, 5.41) is 0.618. The zero-order valence-corrected chi connectivity index (χ0v) is 9.53. The monoisotopic (exact) mass is 238 g/mol. The minimum absolute atomic E-state index is 0.173. The fourth-order valence-electron chi connectivity index (χ4n) is 1.09. The molecule has 3 nitrogen and oxygen atoms in total. The van der Waals surface area contributed by atoms with Gasteiger partial charge in [-0.15, -0.1) is 6.42 Å². The van der Waals surface area contributed by atoms with Gasteiger partial charge >= 0.3 is 5.97 Å². The summed E-state index contributed by atoms with van der Waals surface area (Å²) in [6.45, 7) is -0.173. The smallest absolute Gasteiger partial charge is 0.331 e. The Labute approximate surface area is 99.3 Å². The lowest BCUT2D eigenvalue weighted by Crippen LogP contribution is -2.13. The lowest BCUT2D eigenvalue weighted by atomic mass is 10.1. The maximum atomic E-state index is 10.9. The van der Waals surface area contributed by atoms with E-state index in [1.54, 1.807) is 24.3 Å². The Hall–Kier alpha value is -1.50. The highest BCUT2D eigenvalue weighted by molar-refractivity contribution is 6.30. The molecule has 4 heteroatoms. The highest BCUT2D eigenvalue weighted by atomic mass is 35.5. The summed E-state index contributed by atoms with van der Waals surface area (Å²) in [6.07, 6.45) is 4.74. The van der Waals surface area contributed by atoms with Gasteiger partial charge in [-0.2, -0.15) is 0 Å². The Balaban J connectivity index is 2.65. The van der Waals surface area contributed by atoms with Crippen molar-refractivity contribution in [2.45, 2.75) is 6.10 Å². The number of terminal acetylenes is 1. The van der Waals surface area contributed by atoms with Gasteiger partial charge in [-0.3, -0.25) is 0 Å². The van der Waals surface area contributed by atoms with Crippen molar-refractivity contribution in [1.82, 2.24) is 0 Å². The highest BCUT2D eigenvalue weighted by Crippen LogP contribution is 2.18. The van der Waals surface area contributed by atoms with Gasteiger partial charge in [0.25, 0.3) is 0 Å². The fraction of sp³-hybridized carbons (Fsp3) is 0.250. The molecule has 0 aliphatic carbocycles. The van der Waals surface area contributed by atoms with Crippen LogP contribution < -0.4 is 0 Å². The number of halogens is 1. The number of esters is 1. The van der Waals surface area contributed by atoms with Gasteiger partial charge in [-0.05, 0) is 17.7 Å². The van der Waals surface area contributed by atoms with Crippen molar-refractivity contribution >= 4 is 17.6 Å². The first-order valence-electron chi connectivity index (χ1n) is 4.57. The summed E-state index contributed by atoms with van der Waals surface area (Å²) in [5.74, 6) is 1.98. The maximum absolute atomic E-state index is 10.9. The molecule has 0 aliphatic rings. The minimum Gasteiger partial charge on any atom is -0.467 e. The molecule has 0 spiro atoms. The molecule has 0 aromatic heterocycles. The molecule has 1 unspecified atom stereocenters. The van der Waals surface area contributed by atoms with Crippen LogP contribution in [0.5, 0.6) is 0 Å². The summed E-state index contributed by atoms with van der Waals surface area (Å²) in [6, 6.07) is 6.93. The van der Waals surface area contributed by atoms with E-state index in [2.05, 4.69) is 10.7 Å². The van der Waals surface area contributed by atoms with Gasteiger partial charge in [0.2, 0.25) is 0 Å². The molecule has 0 saturated heterocycles. The van der Waals surface area contributed by atoms with Crippen LogP contribution in [-0.4, -0.2) is 19.7 Å². The van der Waals surface area contributed by atoms with E-state index in [0.29, 0.717) is 5.02 Å². The van der Waals surface area contributed by atoms with Crippen LogP contribution in [-0.2, 0) is 14.3 Å². The van der Waals surface area contributed by atoms with Gasteiger partial charge in [0.15, 0.2) is 0 Å². The molecular formula is C12H11ClO3. The van der Waals surface area contributed by atoms with E-state index in [4.69, 9.17) is 22.8 Å². The van der Waals surface area contributed by atoms with E-state index in [1.165, 1.54) is 7.11 Å². The second-order valence-electron chi connectivity index (χ2n) is 2.99. The predicted molar refractivity (Wildman–Crippen MR) is 61.0 cm³/mol. The molecule has 1 aromatic rings. The molecular weight excluding hydrogens is 228 g/mol. The van der Waals surface area contributed by atoms with Crippen LogP contribution in [0.1, 0.15) is 11.7 Å². The topological polar surface area (TPSA) is 35.5 Å². The largest absolute Gasteiger partial charge is 0.467 e. The maximum Gasteiger partial charge on any atom is 0.331 e. The average molecular weight is 239 g/mol. The Morgan fingerprint density at radius 2 is 2.12 bits per heavy atom. The van der Waals surface area contributed by atoms with E-state index < -0.39 is 12.1 Å². The number of carbonyl (C=O) groups excluding carboxylic acids is 1. The summed E-state index contributed by atoms with van der Waals surface area (Å²) < 4.78 is 9.66. The van der Waals surface area contributed by atoms with Crippen LogP contribution in [0.25, 0.3) is 0 Å². The van der Waals surface area contributed by atoms with Crippen molar-refractivity contribution < 1.29 is 14.3 Å². The van der Waals surface area contributed by atoms with Crippen LogP contribution in [0.3, 0.4) is 0 Å². The lowest BCUT2D eigenvalue weighted by Gasteiger charge is -2.11. The zero-order chi connectivity index (χ0) is 12.0. The molecule has 0 N–H and O–H groups in total. The first kappa shape index (κ1) is 12.6. The number of benzene rings is 1. The van der Waals surface area contributed by atoms with Crippen molar-refractivity contribution in [3.8, 4) is 12.3 Å². The Kier molecular flexibility index (Phi) is 4.84. The van der Waals surface area contributed by atoms with Gasteiger partial charge < -0.3 is 9.47 Å². The normalized spacial score (nSPS) is 11.6. The van der Waals surface area contributed by atoms with Crippen molar-refractivity contribution in [3.63, 3.8) is 0 Å². The minimum atomic E-state index is -0.573. The molecule has 0 bridgehead atoms. The quantitative estimate of drug-likeness (QED) is 0.596. The van der Waals surface area contributed by atoms with E-state index in [-0.39, 0.29) is 6.61 Å². The third kappa shape index (κ3) is 3.58. The van der Waals surface area contributed by atoms with Crippen LogP contribution in [0.2, 0.25) is 5.02 Å². The predicted octanol–water partition coefficient (Wildman–Crippen LogP) is 2.20. The van der Waals surface area contributed by atoms with Crippen LogP contribution in [0.4, 0.5) is 0 Å². The zero-order valence-electron chi connectivity index (χ0n) is 8.77. The second-order valence-corrected chi connectivity index (χ2v) is 3.42. The van der Waals surface area contributed by atoms with Crippen LogP contribution in [0.15, 0.2) is 24.3 Å². The molecule has 16 heavy (non-hydrogen) atoms. The standard InChI is InChI=1S/C12H11ClO3/c1-3-11(16-8-12(14)15-2)9-4-6-10(13)7-5-9/h1,4-7,11H,8H2,2H3. The molecule has 84 valence electrons. The van der Waals surface area contributed by atoms with E-state index in [1.807, 2.05) is 0 Å². The molecule has 0 heterocycles. The number of rotatable bonds is 4. The summed E-state index contributed by atoms with van der Waals surface area (Å²) in [5.41, 5.74) is 0.774. The number of hydrogen-bond donors (Lipinski definition) is 0. The molecule has 1 atom stereocenters. The average Bonchev–Trinajstić information content (AvgIpc) is 2.31.